The van der Waals surface area contributed by atoms with Crippen molar-refractivity contribution in [3.63, 3.8) is 0 Å². The van der Waals surface area contributed by atoms with Gasteiger partial charge in [-0.05, 0) is 11.6 Å². The predicted octanol–water partition coefficient (Wildman–Crippen LogP) is 1.53. The maximum Gasteiger partial charge on any atom is 0.475 e. The SMILES string of the molecule is COc1cc2oc(=O)cc(CO[P@@]3(=O)OC[C@H]4O[C@@H](n5cnc6c(N)ncnc65)[C@H](O)[C@@H]4O3)c2cc1OC. The van der Waals surface area contributed by atoms with Crippen LogP contribution in [0.1, 0.15) is 11.8 Å². The Labute approximate surface area is 213 Å². The molecule has 16 heteroatoms. The summed E-state index contributed by atoms with van der Waals surface area (Å²) in [5.41, 5.74) is 6.46. The van der Waals surface area contributed by atoms with Crippen molar-refractivity contribution in [2.75, 3.05) is 26.6 Å². The Hall–Kier alpha value is -3.59. The number of imidazole rings is 1. The van der Waals surface area contributed by atoms with E-state index in [1.165, 1.54) is 43.6 Å². The molecule has 2 saturated heterocycles. The Kier molecular flexibility index (Phi) is 6.06. The van der Waals surface area contributed by atoms with Crippen LogP contribution < -0.4 is 20.8 Å². The van der Waals surface area contributed by atoms with Gasteiger partial charge in [-0.2, -0.15) is 0 Å². The van der Waals surface area contributed by atoms with Gasteiger partial charge in [0.05, 0.1) is 33.8 Å². The molecule has 0 unspecified atom stereocenters. The number of phosphoric ester groups is 1. The number of hydrogen-bond donors (Lipinski definition) is 2. The van der Waals surface area contributed by atoms with Crippen molar-refractivity contribution < 1.29 is 41.9 Å². The van der Waals surface area contributed by atoms with E-state index in [2.05, 4.69) is 15.0 Å². The van der Waals surface area contributed by atoms with E-state index in [9.17, 15) is 14.5 Å². The van der Waals surface area contributed by atoms with Gasteiger partial charge >= 0.3 is 13.4 Å². The van der Waals surface area contributed by atoms with Gasteiger partial charge in [0, 0.05) is 17.5 Å². The lowest BCUT2D eigenvalue weighted by atomic mass is 10.1. The number of nitrogens with two attached hydrogens (primary N) is 1. The number of aliphatic hydroxyl groups excluding tert-OH is 1. The normalized spacial score (nSPS) is 27.0. The lowest BCUT2D eigenvalue weighted by Gasteiger charge is -2.30. The van der Waals surface area contributed by atoms with Crippen LogP contribution >= 0.6 is 7.82 Å². The van der Waals surface area contributed by atoms with Gasteiger partial charge in [0.2, 0.25) is 0 Å². The van der Waals surface area contributed by atoms with Crippen molar-refractivity contribution in [3.05, 3.63) is 46.8 Å². The number of benzene rings is 1. The predicted molar refractivity (Wildman–Crippen MR) is 128 cm³/mol. The molecule has 4 aromatic rings. The van der Waals surface area contributed by atoms with Crippen molar-refractivity contribution in [1.82, 2.24) is 19.5 Å². The van der Waals surface area contributed by atoms with Crippen molar-refractivity contribution in [1.29, 1.82) is 0 Å². The lowest BCUT2D eigenvalue weighted by molar-refractivity contribution is -0.0714. The lowest BCUT2D eigenvalue weighted by Crippen LogP contribution is -2.39. The number of hydrogen-bond acceptors (Lipinski definition) is 14. The highest BCUT2D eigenvalue weighted by molar-refractivity contribution is 7.48. The minimum Gasteiger partial charge on any atom is -0.493 e. The van der Waals surface area contributed by atoms with Crippen molar-refractivity contribution in [2.45, 2.75) is 31.1 Å². The second-order valence-electron chi connectivity index (χ2n) is 8.52. The third kappa shape index (κ3) is 4.09. The van der Waals surface area contributed by atoms with Gasteiger partial charge in [0.25, 0.3) is 0 Å². The summed E-state index contributed by atoms with van der Waals surface area (Å²) in [6.45, 7) is -0.503. The summed E-state index contributed by atoms with van der Waals surface area (Å²) >= 11 is 0. The first kappa shape index (κ1) is 24.7. The van der Waals surface area contributed by atoms with Crippen LogP contribution in [0.3, 0.4) is 0 Å². The largest absolute Gasteiger partial charge is 0.493 e. The Morgan fingerprint density at radius 2 is 1.97 bits per heavy atom. The van der Waals surface area contributed by atoms with Crippen molar-refractivity contribution in [3.8, 4) is 11.5 Å². The molecule has 0 spiro atoms. The molecule has 0 aliphatic carbocycles. The highest BCUT2D eigenvalue weighted by Crippen LogP contribution is 2.57. The molecule has 2 fully saturated rings. The molecule has 15 nitrogen and oxygen atoms in total. The number of phosphoric acid groups is 1. The zero-order chi connectivity index (χ0) is 26.6. The summed E-state index contributed by atoms with van der Waals surface area (Å²) in [4.78, 5) is 24.4. The number of nitrogen functional groups attached to an aromatic ring is 1. The Morgan fingerprint density at radius 1 is 1.18 bits per heavy atom. The molecule has 3 N–H and O–H groups in total. The minimum absolute atomic E-state index is 0.176. The van der Waals surface area contributed by atoms with Crippen LogP contribution in [0.25, 0.3) is 22.1 Å². The standard InChI is InChI=1S/C22H22N5O10P/c1-31-13-4-11-10(3-16(28)35-12(11)5-14(13)32-2)6-33-38(30)34-7-15-19(37-38)18(29)22(36-15)27-9-26-17-20(23)24-8-25-21(17)27/h3-5,8-9,15,18-19,22,29H,6-7H2,1-2H3,(H2,23,24,25)/t15-,18-,19-,22-,38+/m1/s1. The monoisotopic (exact) mass is 547 g/mol. The quantitative estimate of drug-likeness (QED) is 0.261. The molecule has 2 aliphatic heterocycles. The van der Waals surface area contributed by atoms with E-state index < -0.39 is 38.0 Å². The number of aromatic nitrogens is 4. The third-order valence-corrected chi connectivity index (χ3v) is 7.74. The van der Waals surface area contributed by atoms with E-state index in [4.69, 9.17) is 37.9 Å². The van der Waals surface area contributed by atoms with E-state index in [-0.39, 0.29) is 24.6 Å². The Balaban J connectivity index is 1.23. The van der Waals surface area contributed by atoms with E-state index >= 15 is 0 Å². The van der Waals surface area contributed by atoms with Gasteiger partial charge in [-0.3, -0.25) is 18.1 Å². The molecule has 3 aromatic heterocycles. The summed E-state index contributed by atoms with van der Waals surface area (Å²) in [6, 6.07) is 4.31. The molecular weight excluding hydrogens is 525 g/mol. The van der Waals surface area contributed by atoms with E-state index in [1.807, 2.05) is 0 Å². The molecule has 38 heavy (non-hydrogen) atoms. The topological polar surface area (TPSA) is 193 Å². The number of rotatable bonds is 6. The van der Waals surface area contributed by atoms with Gasteiger partial charge in [-0.25, -0.2) is 24.3 Å². The van der Waals surface area contributed by atoms with Gasteiger partial charge < -0.3 is 29.5 Å². The number of anilines is 1. The summed E-state index contributed by atoms with van der Waals surface area (Å²) in [5, 5.41) is 11.5. The number of aliphatic hydroxyl groups is 1. The second kappa shape index (κ2) is 9.31. The fourth-order valence-electron chi connectivity index (χ4n) is 4.50. The van der Waals surface area contributed by atoms with Gasteiger partial charge in [-0.1, -0.05) is 0 Å². The number of fused-ring (bicyclic) bond motifs is 3. The zero-order valence-corrected chi connectivity index (χ0v) is 20.9. The van der Waals surface area contributed by atoms with E-state index in [0.717, 1.165) is 0 Å². The van der Waals surface area contributed by atoms with Crippen LogP contribution in [0.15, 0.2) is 40.1 Å². The molecule has 5 heterocycles. The highest BCUT2D eigenvalue weighted by atomic mass is 31.2. The average molecular weight is 547 g/mol. The second-order valence-corrected chi connectivity index (χ2v) is 10.1. The summed E-state index contributed by atoms with van der Waals surface area (Å²) < 4.78 is 53.2. The number of methoxy groups -OCH3 is 2. The average Bonchev–Trinajstić information content (AvgIpc) is 3.48. The van der Waals surface area contributed by atoms with Crippen molar-refractivity contribution >= 4 is 35.8 Å². The fourth-order valence-corrected chi connectivity index (χ4v) is 5.89. The molecule has 6 rings (SSSR count). The van der Waals surface area contributed by atoms with E-state index in [1.54, 1.807) is 6.07 Å². The minimum atomic E-state index is -4.17. The Morgan fingerprint density at radius 3 is 2.76 bits per heavy atom. The number of ether oxygens (including phenoxy) is 3. The maximum absolute atomic E-state index is 13.4. The molecule has 5 atom stereocenters. The van der Waals surface area contributed by atoms with Crippen LogP contribution in [0.2, 0.25) is 0 Å². The molecular formula is C22H22N5O10P. The fraction of sp³-hybridized carbons (Fsp3) is 0.364. The highest BCUT2D eigenvalue weighted by Gasteiger charge is 2.53. The zero-order valence-electron chi connectivity index (χ0n) is 20.0. The first-order valence-corrected chi connectivity index (χ1v) is 12.8. The molecule has 0 bridgehead atoms. The van der Waals surface area contributed by atoms with E-state index in [0.29, 0.717) is 33.6 Å². The molecule has 0 saturated carbocycles. The molecule has 1 aromatic carbocycles. The first-order valence-electron chi connectivity index (χ1n) is 11.3. The van der Waals surface area contributed by atoms with Crippen LogP contribution in [-0.4, -0.2) is 63.8 Å². The van der Waals surface area contributed by atoms with Gasteiger partial charge in [0.1, 0.15) is 35.7 Å². The Bertz CT molecular complexity index is 1640. The maximum atomic E-state index is 13.4. The van der Waals surface area contributed by atoms with Crippen LogP contribution in [0.5, 0.6) is 11.5 Å². The molecule has 0 radical (unpaired) electrons. The van der Waals surface area contributed by atoms with Crippen molar-refractivity contribution in [2.24, 2.45) is 0 Å². The van der Waals surface area contributed by atoms with Crippen LogP contribution in [0.4, 0.5) is 5.82 Å². The molecule has 2 aliphatic rings. The third-order valence-electron chi connectivity index (χ3n) is 6.33. The molecule has 200 valence electrons. The summed E-state index contributed by atoms with van der Waals surface area (Å²) in [7, 11) is -1.25. The smallest absolute Gasteiger partial charge is 0.475 e. The summed E-state index contributed by atoms with van der Waals surface area (Å²) in [5.74, 6) is 0.935. The van der Waals surface area contributed by atoms with Gasteiger partial charge in [-0.15, -0.1) is 0 Å². The van der Waals surface area contributed by atoms with Crippen LogP contribution in [0, 0.1) is 0 Å². The summed E-state index contributed by atoms with van der Waals surface area (Å²) in [6.07, 6.45) is -1.35. The number of nitrogens with zero attached hydrogens (tertiary/aromatic N) is 4. The van der Waals surface area contributed by atoms with Crippen LogP contribution in [-0.2, 0) is 29.5 Å². The van der Waals surface area contributed by atoms with Gasteiger partial charge in [0.15, 0.2) is 29.2 Å². The molecule has 0 amide bonds. The first-order chi connectivity index (χ1) is 18.3.